The Bertz CT molecular complexity index is 802. The smallest absolute Gasteiger partial charge is 0.501 e. The van der Waals surface area contributed by atoms with Gasteiger partial charge in [-0.05, 0) is 116 Å². The average Bonchev–Trinajstić information content (AvgIpc) is 2.99. The number of aromatic hydroxyl groups is 1. The zero-order valence-corrected chi connectivity index (χ0v) is 27.7. The van der Waals surface area contributed by atoms with E-state index in [2.05, 4.69) is 12.1 Å². The normalized spacial score (nSPS) is 20.6. The predicted molar refractivity (Wildman–Crippen MR) is 171 cm³/mol. The van der Waals surface area contributed by atoms with Crippen LogP contribution < -0.4 is 10.0 Å². The highest BCUT2D eigenvalue weighted by Crippen LogP contribution is 2.77. The molecular formula is C33H58O5PSi+. The summed E-state index contributed by atoms with van der Waals surface area (Å²) in [5.41, 5.74) is 2.39. The molecule has 0 saturated heterocycles. The third-order valence-corrected chi connectivity index (χ3v) is 19.4. The highest BCUT2D eigenvalue weighted by atomic mass is 31.2. The Morgan fingerprint density at radius 1 is 0.700 bits per heavy atom. The molecule has 1 aromatic carbocycles. The second-order valence-electron chi connectivity index (χ2n) is 12.3. The Labute approximate surface area is 246 Å². The summed E-state index contributed by atoms with van der Waals surface area (Å²) in [5.74, 6) is 1.48. The molecule has 228 valence electrons. The van der Waals surface area contributed by atoms with Gasteiger partial charge in [0.25, 0.3) is 0 Å². The van der Waals surface area contributed by atoms with Crippen molar-refractivity contribution in [3.8, 4) is 11.5 Å². The minimum atomic E-state index is -2.69. The van der Waals surface area contributed by atoms with Gasteiger partial charge in [0.1, 0.15) is 11.1 Å². The summed E-state index contributed by atoms with van der Waals surface area (Å²) in [6.07, 6.45) is 21.5. The van der Waals surface area contributed by atoms with Crippen LogP contribution in [0.15, 0.2) is 18.2 Å². The maximum atomic E-state index is 11.0. The van der Waals surface area contributed by atoms with Crippen molar-refractivity contribution in [3.63, 3.8) is 0 Å². The molecule has 0 radical (unpaired) electrons. The zero-order valence-electron chi connectivity index (χ0n) is 25.8. The maximum Gasteiger partial charge on any atom is 0.501 e. The molecule has 5 nitrogen and oxygen atoms in total. The fourth-order valence-electron chi connectivity index (χ4n) is 8.41. The Hall–Kier alpha value is -0.653. The molecule has 3 aliphatic carbocycles. The Kier molecular flexibility index (Phi) is 13.1. The van der Waals surface area contributed by atoms with Gasteiger partial charge >= 0.3 is 8.80 Å². The first-order valence-electron chi connectivity index (χ1n) is 16.9. The van der Waals surface area contributed by atoms with Crippen LogP contribution in [0.5, 0.6) is 11.5 Å². The van der Waals surface area contributed by atoms with Gasteiger partial charge < -0.3 is 23.1 Å². The van der Waals surface area contributed by atoms with Crippen LogP contribution in [0.1, 0.15) is 124 Å². The van der Waals surface area contributed by atoms with Crippen molar-refractivity contribution in [2.24, 2.45) is 0 Å². The van der Waals surface area contributed by atoms with Gasteiger partial charge in [-0.25, -0.2) is 0 Å². The SMILES string of the molecule is CCO[Si](CCCOc1ccc(O)cc1[P+](C1CCCCC1)(C1CCCCC1)C1CCCCC1)(OCC)OCC. The summed E-state index contributed by atoms with van der Waals surface area (Å²) < 4.78 is 25.1. The van der Waals surface area contributed by atoms with E-state index in [0.717, 1.165) is 35.2 Å². The molecule has 3 aliphatic rings. The number of hydrogen-bond acceptors (Lipinski definition) is 5. The van der Waals surface area contributed by atoms with Crippen molar-refractivity contribution in [1.29, 1.82) is 0 Å². The second-order valence-corrected chi connectivity index (χ2v) is 19.4. The van der Waals surface area contributed by atoms with Gasteiger partial charge in [0, 0.05) is 31.9 Å². The summed E-state index contributed by atoms with van der Waals surface area (Å²) in [7, 11) is -4.29. The van der Waals surface area contributed by atoms with Crippen LogP contribution in [0, 0.1) is 0 Å². The van der Waals surface area contributed by atoms with Gasteiger partial charge in [0.15, 0.2) is 5.75 Å². The van der Waals surface area contributed by atoms with Crippen LogP contribution in [0.2, 0.25) is 6.04 Å². The van der Waals surface area contributed by atoms with E-state index in [4.69, 9.17) is 18.0 Å². The summed E-state index contributed by atoms with van der Waals surface area (Å²) in [5, 5.41) is 12.4. The van der Waals surface area contributed by atoms with E-state index in [1.807, 2.05) is 26.8 Å². The van der Waals surface area contributed by atoms with Crippen LogP contribution in [-0.2, 0) is 13.3 Å². The molecule has 0 unspecified atom stereocenters. The molecule has 40 heavy (non-hydrogen) atoms. The fourth-order valence-corrected chi connectivity index (χ4v) is 18.5. The molecule has 0 bridgehead atoms. The van der Waals surface area contributed by atoms with E-state index in [-0.39, 0.29) is 0 Å². The predicted octanol–water partition coefficient (Wildman–Crippen LogP) is 8.85. The molecule has 0 atom stereocenters. The summed E-state index contributed by atoms with van der Waals surface area (Å²) >= 11 is 0. The van der Waals surface area contributed by atoms with E-state index in [9.17, 15) is 5.11 Å². The van der Waals surface area contributed by atoms with Crippen LogP contribution in [0.25, 0.3) is 0 Å². The van der Waals surface area contributed by atoms with Gasteiger partial charge in [-0.15, -0.1) is 0 Å². The molecule has 3 saturated carbocycles. The Morgan fingerprint density at radius 2 is 1.15 bits per heavy atom. The van der Waals surface area contributed by atoms with Crippen LogP contribution in [0.3, 0.4) is 0 Å². The van der Waals surface area contributed by atoms with E-state index >= 15 is 0 Å². The number of phenolic OH excluding ortho intramolecular Hbond substituents is 1. The van der Waals surface area contributed by atoms with Crippen molar-refractivity contribution >= 4 is 21.4 Å². The van der Waals surface area contributed by atoms with Gasteiger partial charge in [-0.3, -0.25) is 0 Å². The maximum absolute atomic E-state index is 11.0. The molecule has 1 N–H and O–H groups in total. The van der Waals surface area contributed by atoms with Crippen molar-refractivity contribution in [1.82, 2.24) is 0 Å². The van der Waals surface area contributed by atoms with E-state index in [1.165, 1.54) is 102 Å². The van der Waals surface area contributed by atoms with Gasteiger partial charge in [-0.2, -0.15) is 0 Å². The zero-order chi connectivity index (χ0) is 28.3. The lowest BCUT2D eigenvalue weighted by atomic mass is 9.99. The van der Waals surface area contributed by atoms with E-state index in [1.54, 1.807) is 0 Å². The topological polar surface area (TPSA) is 57.2 Å². The first-order valence-corrected chi connectivity index (χ1v) is 20.8. The first kappa shape index (κ1) is 32.3. The third kappa shape index (κ3) is 7.64. The molecule has 3 fully saturated rings. The largest absolute Gasteiger partial charge is 0.508 e. The van der Waals surface area contributed by atoms with Crippen LogP contribution >= 0.6 is 7.26 Å². The lowest BCUT2D eigenvalue weighted by Gasteiger charge is -2.49. The van der Waals surface area contributed by atoms with Crippen LogP contribution in [0.4, 0.5) is 0 Å². The molecule has 1 aromatic rings. The molecule has 0 heterocycles. The lowest BCUT2D eigenvalue weighted by molar-refractivity contribution is 0.0697. The van der Waals surface area contributed by atoms with Crippen molar-refractivity contribution in [3.05, 3.63) is 18.2 Å². The molecule has 0 aromatic heterocycles. The van der Waals surface area contributed by atoms with Crippen molar-refractivity contribution in [2.45, 2.75) is 147 Å². The van der Waals surface area contributed by atoms with Crippen molar-refractivity contribution in [2.75, 3.05) is 26.4 Å². The number of phenols is 1. The average molecular weight is 594 g/mol. The minimum Gasteiger partial charge on any atom is -0.508 e. The second kappa shape index (κ2) is 16.3. The molecule has 0 aliphatic heterocycles. The number of hydrogen-bond donors (Lipinski definition) is 1. The minimum absolute atomic E-state index is 0.421. The van der Waals surface area contributed by atoms with E-state index in [0.29, 0.717) is 32.2 Å². The molecule has 7 heteroatoms. The van der Waals surface area contributed by atoms with Crippen molar-refractivity contribution < 1.29 is 23.1 Å². The number of ether oxygens (including phenoxy) is 1. The van der Waals surface area contributed by atoms with Gasteiger partial charge in [-0.1, -0.05) is 19.3 Å². The highest BCUT2D eigenvalue weighted by Gasteiger charge is 2.60. The molecule has 4 rings (SSSR count). The van der Waals surface area contributed by atoms with Gasteiger partial charge in [0.05, 0.1) is 30.8 Å². The monoisotopic (exact) mass is 593 g/mol. The number of rotatable bonds is 15. The number of benzene rings is 1. The Morgan fingerprint density at radius 3 is 1.57 bits per heavy atom. The third-order valence-electron chi connectivity index (χ3n) is 9.87. The standard InChI is InChI=1S/C33H57O5PSi/c1-4-36-40(37-5-2,38-6-3)26-16-25-35-32-24-23-28(34)27-33(32)39(29-17-10-7-11-18-29,30-19-12-8-13-20-30)31-21-14-9-15-22-31/h23-24,27,29-31H,4-22,25-26H2,1-3H3/p+1. The first-order chi connectivity index (χ1) is 19.6. The fraction of sp³-hybridized carbons (Fsp3) is 0.818. The summed E-state index contributed by atoms with van der Waals surface area (Å²) in [6.45, 7) is 8.49. The summed E-state index contributed by atoms with van der Waals surface area (Å²) in [6, 6.07) is 6.91. The molecule has 0 amide bonds. The quantitative estimate of drug-likeness (QED) is 0.125. The molecule has 0 spiro atoms. The highest BCUT2D eigenvalue weighted by molar-refractivity contribution is 7.85. The van der Waals surface area contributed by atoms with Crippen LogP contribution in [-0.4, -0.2) is 57.3 Å². The summed E-state index contributed by atoms with van der Waals surface area (Å²) in [4.78, 5) is 0. The van der Waals surface area contributed by atoms with Gasteiger partial charge in [0.2, 0.25) is 0 Å². The lowest BCUT2D eigenvalue weighted by Crippen LogP contribution is -2.46. The Balaban J connectivity index is 1.66. The van der Waals surface area contributed by atoms with E-state index < -0.39 is 16.1 Å². The molecular weight excluding hydrogens is 535 g/mol.